The minimum absolute atomic E-state index is 0.0381. The fraction of sp³-hybridized carbons (Fsp3) is 0.300. The van der Waals surface area contributed by atoms with Crippen LogP contribution in [0.1, 0.15) is 48.0 Å². The van der Waals surface area contributed by atoms with Crippen molar-refractivity contribution in [3.63, 3.8) is 0 Å². The van der Waals surface area contributed by atoms with Gasteiger partial charge in [0.2, 0.25) is 11.8 Å². The van der Waals surface area contributed by atoms with E-state index in [4.69, 9.17) is 0 Å². The molecule has 6 rings (SSSR count). The van der Waals surface area contributed by atoms with Crippen LogP contribution in [0.2, 0.25) is 0 Å². The van der Waals surface area contributed by atoms with Crippen molar-refractivity contribution >= 4 is 46.5 Å². The molecule has 1 saturated heterocycles. The molecule has 3 aliphatic rings. The van der Waals surface area contributed by atoms with Gasteiger partial charge in [-0.15, -0.1) is 0 Å². The Hall–Kier alpha value is -3.58. The summed E-state index contributed by atoms with van der Waals surface area (Å²) in [5, 5.41) is 3.04. The molecule has 37 heavy (non-hydrogen) atoms. The highest BCUT2D eigenvalue weighted by Crippen LogP contribution is 2.45. The first-order valence-corrected chi connectivity index (χ1v) is 13.7. The Morgan fingerprint density at radius 3 is 2.49 bits per heavy atom. The zero-order chi connectivity index (χ0) is 25.5. The third-order valence-electron chi connectivity index (χ3n) is 7.57. The van der Waals surface area contributed by atoms with Crippen LogP contribution in [-0.2, 0) is 9.59 Å². The van der Waals surface area contributed by atoms with Crippen LogP contribution in [0.25, 0.3) is 0 Å². The van der Waals surface area contributed by atoms with E-state index in [2.05, 4.69) is 5.32 Å². The highest BCUT2D eigenvalue weighted by molar-refractivity contribution is 7.99. The van der Waals surface area contributed by atoms with Gasteiger partial charge in [0, 0.05) is 40.2 Å². The minimum Gasteiger partial charge on any atom is -0.326 e. The molecule has 7 heteroatoms. The maximum Gasteiger partial charge on any atom is 0.259 e. The highest BCUT2D eigenvalue weighted by Gasteiger charge is 2.36. The molecule has 1 saturated carbocycles. The average Bonchev–Trinajstić information content (AvgIpc) is 3.54. The molecule has 2 aliphatic heterocycles. The van der Waals surface area contributed by atoms with Gasteiger partial charge in [-0.25, -0.2) is 0 Å². The molecule has 0 unspecified atom stereocenters. The SMILES string of the molecule is Cc1ccc(N2C[C@@H](C(=O)Nc3ccc4c(c3)Sc3ccccc3C(=O)N4C3CCCC3)CC2=O)cc1. The van der Waals surface area contributed by atoms with Crippen molar-refractivity contribution in [2.45, 2.75) is 54.9 Å². The van der Waals surface area contributed by atoms with Crippen molar-refractivity contribution < 1.29 is 14.4 Å². The average molecular weight is 512 g/mol. The Bertz CT molecular complexity index is 1380. The molecule has 3 aromatic carbocycles. The van der Waals surface area contributed by atoms with Crippen LogP contribution < -0.4 is 15.1 Å². The lowest BCUT2D eigenvalue weighted by atomic mass is 10.1. The smallest absolute Gasteiger partial charge is 0.259 e. The van der Waals surface area contributed by atoms with Gasteiger partial charge in [-0.3, -0.25) is 14.4 Å². The number of rotatable bonds is 4. The summed E-state index contributed by atoms with van der Waals surface area (Å²) in [7, 11) is 0. The Morgan fingerprint density at radius 2 is 1.70 bits per heavy atom. The lowest BCUT2D eigenvalue weighted by Gasteiger charge is -2.29. The largest absolute Gasteiger partial charge is 0.326 e. The van der Waals surface area contributed by atoms with Crippen molar-refractivity contribution in [1.82, 2.24) is 0 Å². The van der Waals surface area contributed by atoms with Gasteiger partial charge < -0.3 is 15.1 Å². The summed E-state index contributed by atoms with van der Waals surface area (Å²) in [4.78, 5) is 45.0. The van der Waals surface area contributed by atoms with Crippen LogP contribution in [0, 0.1) is 12.8 Å². The van der Waals surface area contributed by atoms with Gasteiger partial charge in [-0.2, -0.15) is 0 Å². The molecular formula is C30H29N3O3S. The van der Waals surface area contributed by atoms with E-state index < -0.39 is 5.92 Å². The fourth-order valence-corrected chi connectivity index (χ4v) is 6.70. The second-order valence-electron chi connectivity index (χ2n) is 10.1. The van der Waals surface area contributed by atoms with Crippen LogP contribution >= 0.6 is 11.8 Å². The van der Waals surface area contributed by atoms with Crippen molar-refractivity contribution in [3.8, 4) is 0 Å². The number of carbonyl (C=O) groups excluding carboxylic acids is 3. The molecule has 0 spiro atoms. The monoisotopic (exact) mass is 511 g/mol. The van der Waals surface area contributed by atoms with Gasteiger partial charge in [0.1, 0.15) is 0 Å². The van der Waals surface area contributed by atoms with E-state index in [9.17, 15) is 14.4 Å². The molecule has 3 aromatic rings. The van der Waals surface area contributed by atoms with Crippen LogP contribution in [0.5, 0.6) is 0 Å². The van der Waals surface area contributed by atoms with Crippen molar-refractivity contribution in [2.24, 2.45) is 5.92 Å². The molecule has 6 nitrogen and oxygen atoms in total. The van der Waals surface area contributed by atoms with Gasteiger partial charge in [-0.05, 0) is 62.2 Å². The van der Waals surface area contributed by atoms with Crippen molar-refractivity contribution in [3.05, 3.63) is 77.9 Å². The molecule has 0 bridgehead atoms. The van der Waals surface area contributed by atoms with Crippen LogP contribution in [0.15, 0.2) is 76.5 Å². The number of amides is 3. The second-order valence-corrected chi connectivity index (χ2v) is 11.2. The van der Waals surface area contributed by atoms with E-state index in [0.29, 0.717) is 12.2 Å². The number of aryl methyl sites for hydroxylation is 1. The predicted molar refractivity (Wildman–Crippen MR) is 146 cm³/mol. The summed E-state index contributed by atoms with van der Waals surface area (Å²) in [5.74, 6) is -0.571. The molecule has 1 aliphatic carbocycles. The van der Waals surface area contributed by atoms with Crippen LogP contribution in [-0.4, -0.2) is 30.3 Å². The Labute approximate surface area is 221 Å². The lowest BCUT2D eigenvalue weighted by molar-refractivity contribution is -0.122. The standard InChI is InChI=1S/C30H29N3O3S/c1-19-10-13-22(14-11-19)32-18-20(16-28(32)34)29(35)31-21-12-15-25-27(17-21)37-26-9-5-4-8-24(26)30(36)33(25)23-6-2-3-7-23/h4-5,8-15,17,20,23H,2-3,6-7,16,18H2,1H3,(H,31,35)/t20-/m0/s1. The minimum atomic E-state index is -0.419. The van der Waals surface area contributed by atoms with Gasteiger partial charge in [0.15, 0.2) is 0 Å². The number of hydrogen-bond donors (Lipinski definition) is 1. The van der Waals surface area contributed by atoms with E-state index in [-0.39, 0.29) is 30.2 Å². The molecule has 188 valence electrons. The summed E-state index contributed by atoms with van der Waals surface area (Å²) in [6.07, 6.45) is 4.46. The molecule has 0 aromatic heterocycles. The van der Waals surface area contributed by atoms with E-state index in [0.717, 1.165) is 58.0 Å². The Balaban J connectivity index is 1.25. The van der Waals surface area contributed by atoms with E-state index in [1.165, 1.54) is 0 Å². The zero-order valence-corrected chi connectivity index (χ0v) is 21.6. The molecule has 3 amide bonds. The third kappa shape index (κ3) is 4.53. The fourth-order valence-electron chi connectivity index (χ4n) is 5.59. The Morgan fingerprint density at radius 1 is 0.946 bits per heavy atom. The zero-order valence-electron chi connectivity index (χ0n) is 20.8. The lowest BCUT2D eigenvalue weighted by Crippen LogP contribution is -2.39. The first-order chi connectivity index (χ1) is 18.0. The maximum absolute atomic E-state index is 13.6. The number of nitrogens with one attached hydrogen (secondary N) is 1. The quantitative estimate of drug-likeness (QED) is 0.464. The van der Waals surface area contributed by atoms with E-state index in [1.807, 2.05) is 78.6 Å². The number of carbonyl (C=O) groups is 3. The Kier molecular flexibility index (Phi) is 6.24. The summed E-state index contributed by atoms with van der Waals surface area (Å²) in [5.41, 5.74) is 4.25. The third-order valence-corrected chi connectivity index (χ3v) is 8.70. The van der Waals surface area contributed by atoms with Crippen molar-refractivity contribution in [2.75, 3.05) is 21.7 Å². The van der Waals surface area contributed by atoms with E-state index in [1.54, 1.807) is 16.7 Å². The molecular weight excluding hydrogens is 482 g/mol. The first kappa shape index (κ1) is 23.8. The molecule has 2 fully saturated rings. The van der Waals surface area contributed by atoms with Gasteiger partial charge >= 0.3 is 0 Å². The van der Waals surface area contributed by atoms with Gasteiger partial charge in [0.25, 0.3) is 5.91 Å². The van der Waals surface area contributed by atoms with Crippen molar-refractivity contribution in [1.29, 1.82) is 0 Å². The van der Waals surface area contributed by atoms with Crippen LogP contribution in [0.3, 0.4) is 0 Å². The van der Waals surface area contributed by atoms with E-state index >= 15 is 0 Å². The second kappa shape index (κ2) is 9.71. The topological polar surface area (TPSA) is 69.7 Å². The number of fused-ring (bicyclic) bond motifs is 2. The summed E-state index contributed by atoms with van der Waals surface area (Å²) in [6, 6.07) is 21.5. The summed E-state index contributed by atoms with van der Waals surface area (Å²) >= 11 is 1.57. The number of hydrogen-bond acceptors (Lipinski definition) is 4. The predicted octanol–water partition coefficient (Wildman–Crippen LogP) is 6.04. The van der Waals surface area contributed by atoms with Gasteiger partial charge in [0.05, 0.1) is 17.2 Å². The summed E-state index contributed by atoms with van der Waals surface area (Å²) in [6.45, 7) is 2.37. The molecule has 1 N–H and O–H groups in total. The highest BCUT2D eigenvalue weighted by atomic mass is 32.2. The maximum atomic E-state index is 13.6. The number of anilines is 3. The van der Waals surface area contributed by atoms with Crippen LogP contribution in [0.4, 0.5) is 17.1 Å². The number of benzene rings is 3. The number of nitrogens with zero attached hydrogens (tertiary/aromatic N) is 2. The molecule has 0 radical (unpaired) electrons. The summed E-state index contributed by atoms with van der Waals surface area (Å²) < 4.78 is 0. The molecule has 2 heterocycles. The molecule has 1 atom stereocenters. The normalized spacial score (nSPS) is 19.5. The van der Waals surface area contributed by atoms with Gasteiger partial charge in [-0.1, -0.05) is 54.4 Å². The first-order valence-electron chi connectivity index (χ1n) is 12.9.